The molecule has 3 heteroatoms. The van der Waals surface area contributed by atoms with Crippen molar-refractivity contribution in [2.45, 2.75) is 19.3 Å². The van der Waals surface area contributed by atoms with Crippen molar-refractivity contribution < 1.29 is 0 Å². The third kappa shape index (κ3) is 5.69. The molecule has 69 heavy (non-hydrogen) atoms. The van der Waals surface area contributed by atoms with E-state index in [1.54, 1.807) is 0 Å². The van der Waals surface area contributed by atoms with Gasteiger partial charge in [-0.3, -0.25) is 4.40 Å². The zero-order valence-corrected chi connectivity index (χ0v) is 38.9. The topological polar surface area (TPSA) is 17.3 Å². The quantitative estimate of drug-likeness (QED) is 0.161. The zero-order chi connectivity index (χ0) is 45.5. The summed E-state index contributed by atoms with van der Waals surface area (Å²) in [5.41, 5.74) is 18.3. The molecule has 2 nitrogen and oxygen atoms in total. The van der Waals surface area contributed by atoms with Crippen LogP contribution in [-0.2, 0) is 5.41 Å². The molecule has 0 radical (unpaired) electrons. The second-order valence-corrected chi connectivity index (χ2v) is 20.5. The van der Waals surface area contributed by atoms with Gasteiger partial charge in [0, 0.05) is 26.3 Å². The molecule has 1 aliphatic rings. The highest BCUT2D eigenvalue weighted by Gasteiger charge is 2.35. The van der Waals surface area contributed by atoms with Gasteiger partial charge in [0.15, 0.2) is 5.65 Å². The van der Waals surface area contributed by atoms with E-state index in [2.05, 4.69) is 237 Å². The summed E-state index contributed by atoms with van der Waals surface area (Å²) in [6, 6.07) is 81.4. The Bertz CT molecular complexity index is 4490. The fourth-order valence-electron chi connectivity index (χ4n) is 11.8. The predicted octanol–water partition coefficient (Wildman–Crippen LogP) is 18.4. The Labute approximate surface area is 403 Å². The Morgan fingerprint density at radius 3 is 1.64 bits per heavy atom. The van der Waals surface area contributed by atoms with Gasteiger partial charge in [0.2, 0.25) is 0 Å². The van der Waals surface area contributed by atoms with Crippen LogP contribution in [0.2, 0.25) is 0 Å². The average Bonchev–Trinajstić information content (AvgIpc) is 4.04. The Balaban J connectivity index is 0.837. The van der Waals surface area contributed by atoms with Gasteiger partial charge >= 0.3 is 0 Å². The molecule has 1 aliphatic carbocycles. The molecule has 0 saturated heterocycles. The Hall–Kier alpha value is -8.37. The molecule has 14 aromatic rings. The first kappa shape index (κ1) is 38.7. The number of hydrogen-bond acceptors (Lipinski definition) is 2. The molecule has 0 amide bonds. The first-order valence-corrected chi connectivity index (χ1v) is 24.7. The zero-order valence-electron chi connectivity index (χ0n) is 38.1. The largest absolute Gasteiger partial charge is 0.291 e. The molecule has 3 aromatic heterocycles. The molecule has 0 spiro atoms. The lowest BCUT2D eigenvalue weighted by atomic mass is 9.81. The minimum Gasteiger partial charge on any atom is -0.291 e. The lowest BCUT2D eigenvalue weighted by molar-refractivity contribution is 0.660. The molecule has 0 atom stereocenters. The Morgan fingerprint density at radius 2 is 0.928 bits per heavy atom. The van der Waals surface area contributed by atoms with Crippen molar-refractivity contribution in [3.05, 3.63) is 230 Å². The summed E-state index contributed by atoms with van der Waals surface area (Å²) >= 11 is 1.85. The maximum atomic E-state index is 5.58. The number of aromatic nitrogens is 2. The fourth-order valence-corrected chi connectivity index (χ4v) is 13.0. The summed E-state index contributed by atoms with van der Waals surface area (Å²) < 4.78 is 4.91. The second-order valence-electron chi connectivity index (χ2n) is 19.5. The van der Waals surface area contributed by atoms with Gasteiger partial charge in [-0.15, -0.1) is 11.3 Å². The van der Waals surface area contributed by atoms with Crippen molar-refractivity contribution in [1.82, 2.24) is 9.38 Å². The van der Waals surface area contributed by atoms with Crippen LogP contribution < -0.4 is 0 Å². The number of pyridine rings is 1. The summed E-state index contributed by atoms with van der Waals surface area (Å²) in [5, 5.41) is 12.4. The summed E-state index contributed by atoms with van der Waals surface area (Å²) in [6.07, 6.45) is 0. The third-order valence-electron chi connectivity index (χ3n) is 15.4. The number of rotatable bonds is 4. The number of imidazole rings is 1. The molecule has 0 bridgehead atoms. The van der Waals surface area contributed by atoms with E-state index in [-0.39, 0.29) is 5.41 Å². The lowest BCUT2D eigenvalue weighted by Gasteiger charge is -2.22. The smallest absolute Gasteiger partial charge is 0.156 e. The van der Waals surface area contributed by atoms with Gasteiger partial charge < -0.3 is 0 Å². The van der Waals surface area contributed by atoms with Crippen LogP contribution >= 0.6 is 11.3 Å². The van der Waals surface area contributed by atoms with E-state index in [0.29, 0.717) is 0 Å². The van der Waals surface area contributed by atoms with E-state index < -0.39 is 0 Å². The van der Waals surface area contributed by atoms with Crippen LogP contribution in [0.1, 0.15) is 25.0 Å². The number of thiophene rings is 1. The number of hydrogen-bond donors (Lipinski definition) is 0. The van der Waals surface area contributed by atoms with E-state index in [9.17, 15) is 0 Å². The van der Waals surface area contributed by atoms with E-state index >= 15 is 0 Å². The van der Waals surface area contributed by atoms with Crippen molar-refractivity contribution in [3.63, 3.8) is 0 Å². The van der Waals surface area contributed by atoms with Gasteiger partial charge in [-0.05, 0) is 141 Å². The molecule has 15 rings (SSSR count). The minimum absolute atomic E-state index is 0.0276. The maximum Gasteiger partial charge on any atom is 0.156 e. The number of benzene rings is 11. The summed E-state index contributed by atoms with van der Waals surface area (Å²) in [4.78, 5) is 5.58. The molecule has 0 unspecified atom stereocenters. The molecule has 0 N–H and O–H groups in total. The van der Waals surface area contributed by atoms with Crippen LogP contribution in [-0.4, -0.2) is 9.38 Å². The SMILES string of the molecule is CC1(C)c2ccccc2-c2ccc(-c3ccc(-c4ccc(-c5ccc(-c6cc7c8cc9ccccc9cc8sc7c7nc8c9cc%10ccccc%10cc9ccc8n67)cc5)c5ccccc45)cc3)cc21. The van der Waals surface area contributed by atoms with Crippen LogP contribution in [0.25, 0.3) is 136 Å². The number of nitrogens with zero attached hydrogens (tertiary/aromatic N) is 2. The van der Waals surface area contributed by atoms with Crippen molar-refractivity contribution in [1.29, 1.82) is 0 Å². The standard InChI is InChI=1S/C66H42N2S/c1-66(2)58-18-10-9-17-53(58)54-29-27-47(36-59(54)66)39-19-21-40(22-20-39)49-30-31-50(52-16-8-7-15-51(49)52)41-23-25-42(26-24-41)61-38-57-56-35-45-13-5-6-14-46(45)37-62(56)69-64(57)65-67-63-55-34-44-12-4-3-11-43(44)33-48(55)28-32-60(63)68(61)65/h3-38H,1-2H3. The van der Waals surface area contributed by atoms with Gasteiger partial charge in [-0.25, -0.2) is 4.98 Å². The first-order valence-electron chi connectivity index (χ1n) is 23.9. The average molecular weight is 895 g/mol. The molecule has 0 saturated carbocycles. The highest BCUT2D eigenvalue weighted by molar-refractivity contribution is 7.26. The van der Waals surface area contributed by atoms with E-state index in [4.69, 9.17) is 4.98 Å². The summed E-state index contributed by atoms with van der Waals surface area (Å²) in [5.74, 6) is 0. The molecular formula is C66H42N2S. The lowest BCUT2D eigenvalue weighted by Crippen LogP contribution is -2.14. The Kier molecular flexibility index (Phi) is 8.03. The van der Waals surface area contributed by atoms with Gasteiger partial charge in [-0.2, -0.15) is 0 Å². The first-order chi connectivity index (χ1) is 33.9. The third-order valence-corrected chi connectivity index (χ3v) is 16.5. The number of fused-ring (bicyclic) bond motifs is 15. The monoisotopic (exact) mass is 894 g/mol. The molecule has 3 heterocycles. The van der Waals surface area contributed by atoms with Gasteiger partial charge in [0.05, 0.1) is 21.4 Å². The van der Waals surface area contributed by atoms with Crippen molar-refractivity contribution in [2.24, 2.45) is 0 Å². The van der Waals surface area contributed by atoms with Gasteiger partial charge in [-0.1, -0.05) is 190 Å². The molecule has 322 valence electrons. The van der Waals surface area contributed by atoms with Crippen LogP contribution in [0, 0.1) is 0 Å². The van der Waals surface area contributed by atoms with Crippen LogP contribution in [0.4, 0.5) is 0 Å². The predicted molar refractivity (Wildman–Crippen MR) is 295 cm³/mol. The van der Waals surface area contributed by atoms with E-state index in [1.165, 1.54) is 119 Å². The van der Waals surface area contributed by atoms with Crippen LogP contribution in [0.3, 0.4) is 0 Å². The van der Waals surface area contributed by atoms with E-state index in [1.807, 2.05) is 11.3 Å². The molecular weight excluding hydrogens is 853 g/mol. The van der Waals surface area contributed by atoms with Crippen LogP contribution in [0.5, 0.6) is 0 Å². The van der Waals surface area contributed by atoms with Gasteiger partial charge in [0.25, 0.3) is 0 Å². The van der Waals surface area contributed by atoms with Crippen LogP contribution in [0.15, 0.2) is 218 Å². The van der Waals surface area contributed by atoms with Gasteiger partial charge in [0.1, 0.15) is 0 Å². The molecule has 0 aliphatic heterocycles. The summed E-state index contributed by atoms with van der Waals surface area (Å²) in [7, 11) is 0. The van der Waals surface area contributed by atoms with Crippen molar-refractivity contribution in [2.75, 3.05) is 0 Å². The highest BCUT2D eigenvalue weighted by Crippen LogP contribution is 2.50. The fraction of sp³-hybridized carbons (Fsp3) is 0.0455. The normalized spacial score (nSPS) is 13.2. The summed E-state index contributed by atoms with van der Waals surface area (Å²) in [6.45, 7) is 4.70. The second kappa shape index (κ2) is 14.3. The molecule has 11 aromatic carbocycles. The Morgan fingerprint density at radius 1 is 0.377 bits per heavy atom. The van der Waals surface area contributed by atoms with Crippen molar-refractivity contribution in [3.8, 4) is 55.8 Å². The van der Waals surface area contributed by atoms with E-state index in [0.717, 1.165) is 27.9 Å². The molecule has 0 fully saturated rings. The highest BCUT2D eigenvalue weighted by atomic mass is 32.1. The van der Waals surface area contributed by atoms with Crippen molar-refractivity contribution >= 4 is 91.3 Å². The maximum absolute atomic E-state index is 5.58. The minimum atomic E-state index is -0.0276.